The van der Waals surface area contributed by atoms with Crippen LogP contribution in [0.3, 0.4) is 0 Å². The van der Waals surface area contributed by atoms with Crippen LogP contribution in [0.2, 0.25) is 0 Å². The maximum Gasteiger partial charge on any atom is 0.126 e. The molecule has 0 bridgehead atoms. The fourth-order valence-corrected chi connectivity index (χ4v) is 2.92. The number of hydrogen-bond acceptors (Lipinski definition) is 3. The van der Waals surface area contributed by atoms with Crippen molar-refractivity contribution >= 4 is 16.7 Å². The van der Waals surface area contributed by atoms with E-state index in [2.05, 4.69) is 52.5 Å². The lowest BCUT2D eigenvalue weighted by Crippen LogP contribution is -2.35. The van der Waals surface area contributed by atoms with Gasteiger partial charge in [0.05, 0.1) is 5.52 Å². The number of pyridine rings is 1. The Bertz CT molecular complexity index is 559. The fourth-order valence-electron chi connectivity index (χ4n) is 2.92. The molecule has 20 heavy (non-hydrogen) atoms. The van der Waals surface area contributed by atoms with Crippen LogP contribution in [0.25, 0.3) is 10.9 Å². The van der Waals surface area contributed by atoms with Crippen LogP contribution in [-0.2, 0) is 0 Å². The Kier molecular flexibility index (Phi) is 4.16. The topological polar surface area (TPSA) is 28.2 Å². The second kappa shape index (κ2) is 6.23. The average Bonchev–Trinajstić information content (AvgIpc) is 2.53. The first-order chi connectivity index (χ1) is 9.85. The lowest BCUT2D eigenvalue weighted by molar-refractivity contribution is 0.198. The Morgan fingerprint density at radius 2 is 1.95 bits per heavy atom. The molecule has 0 saturated carbocycles. The fraction of sp³-hybridized carbons (Fsp3) is 0.471. The molecule has 3 heteroatoms. The number of aromatic nitrogens is 1. The summed E-state index contributed by atoms with van der Waals surface area (Å²) in [4.78, 5) is 7.20. The van der Waals surface area contributed by atoms with Crippen LogP contribution < -0.4 is 5.32 Å². The summed E-state index contributed by atoms with van der Waals surface area (Å²) in [7, 11) is 0. The third kappa shape index (κ3) is 3.10. The summed E-state index contributed by atoms with van der Waals surface area (Å²) in [6.45, 7) is 6.97. The Labute approximate surface area is 121 Å². The zero-order valence-electron chi connectivity index (χ0n) is 12.2. The highest BCUT2D eigenvalue weighted by Crippen LogP contribution is 2.19. The first-order valence-electron chi connectivity index (χ1n) is 7.67. The van der Waals surface area contributed by atoms with E-state index in [1.807, 2.05) is 6.07 Å². The average molecular weight is 269 g/mol. The maximum atomic E-state index is 4.67. The van der Waals surface area contributed by atoms with Gasteiger partial charge in [-0.25, -0.2) is 4.98 Å². The second-order valence-electron chi connectivity index (χ2n) is 5.65. The number of fused-ring (bicyclic) bond motifs is 1. The van der Waals surface area contributed by atoms with Crippen molar-refractivity contribution in [2.75, 3.05) is 31.5 Å². The molecule has 106 valence electrons. The van der Waals surface area contributed by atoms with E-state index in [-0.39, 0.29) is 0 Å². The number of piperidine rings is 1. The van der Waals surface area contributed by atoms with Crippen LogP contribution in [0, 0.1) is 5.92 Å². The normalized spacial score (nSPS) is 17.4. The SMILES string of the molecule is CCN1CCC(CNc2ccc3ccccc3n2)CC1. The molecule has 1 saturated heterocycles. The van der Waals surface area contributed by atoms with E-state index in [0.717, 1.165) is 23.8 Å². The van der Waals surface area contributed by atoms with Gasteiger partial charge in [-0.05, 0) is 56.6 Å². The van der Waals surface area contributed by atoms with Crippen molar-refractivity contribution in [2.24, 2.45) is 5.92 Å². The van der Waals surface area contributed by atoms with Gasteiger partial charge in [0.25, 0.3) is 0 Å². The van der Waals surface area contributed by atoms with Gasteiger partial charge in [-0.2, -0.15) is 0 Å². The molecule has 0 radical (unpaired) electrons. The standard InChI is InChI=1S/C17H23N3/c1-2-20-11-9-14(10-12-20)13-18-17-8-7-15-5-3-4-6-16(15)19-17/h3-8,14H,2,9-13H2,1H3,(H,18,19). The predicted molar refractivity (Wildman–Crippen MR) is 85.1 cm³/mol. The molecular formula is C17H23N3. The lowest BCUT2D eigenvalue weighted by atomic mass is 9.97. The van der Waals surface area contributed by atoms with Gasteiger partial charge in [0.2, 0.25) is 0 Å². The summed E-state index contributed by atoms with van der Waals surface area (Å²) < 4.78 is 0. The van der Waals surface area contributed by atoms with E-state index >= 15 is 0 Å². The number of hydrogen-bond donors (Lipinski definition) is 1. The van der Waals surface area contributed by atoms with Gasteiger partial charge in [-0.15, -0.1) is 0 Å². The number of benzene rings is 1. The first kappa shape index (κ1) is 13.4. The minimum Gasteiger partial charge on any atom is -0.370 e. The van der Waals surface area contributed by atoms with Crippen LogP contribution in [-0.4, -0.2) is 36.1 Å². The van der Waals surface area contributed by atoms with E-state index < -0.39 is 0 Å². The Morgan fingerprint density at radius 3 is 2.75 bits per heavy atom. The molecule has 0 aliphatic carbocycles. The molecule has 1 aliphatic heterocycles. The number of rotatable bonds is 4. The molecular weight excluding hydrogens is 246 g/mol. The van der Waals surface area contributed by atoms with Crippen LogP contribution >= 0.6 is 0 Å². The molecule has 0 atom stereocenters. The quantitative estimate of drug-likeness (QED) is 0.922. The third-order valence-corrected chi connectivity index (χ3v) is 4.32. The predicted octanol–water partition coefficient (Wildman–Crippen LogP) is 3.38. The molecule has 1 aromatic carbocycles. The van der Waals surface area contributed by atoms with Gasteiger partial charge in [0.15, 0.2) is 0 Å². The van der Waals surface area contributed by atoms with E-state index in [4.69, 9.17) is 0 Å². The molecule has 1 fully saturated rings. The number of nitrogens with one attached hydrogen (secondary N) is 1. The molecule has 3 rings (SSSR count). The molecule has 0 unspecified atom stereocenters. The second-order valence-corrected chi connectivity index (χ2v) is 5.65. The van der Waals surface area contributed by atoms with Crippen LogP contribution in [0.5, 0.6) is 0 Å². The zero-order chi connectivity index (χ0) is 13.8. The smallest absolute Gasteiger partial charge is 0.126 e. The van der Waals surface area contributed by atoms with E-state index in [0.29, 0.717) is 0 Å². The molecule has 0 spiro atoms. The lowest BCUT2D eigenvalue weighted by Gasteiger charge is -2.31. The highest BCUT2D eigenvalue weighted by molar-refractivity contribution is 5.79. The maximum absolute atomic E-state index is 4.67. The van der Waals surface area contributed by atoms with Gasteiger partial charge < -0.3 is 10.2 Å². The zero-order valence-corrected chi connectivity index (χ0v) is 12.2. The highest BCUT2D eigenvalue weighted by atomic mass is 15.1. The van der Waals surface area contributed by atoms with Crippen LogP contribution in [0.1, 0.15) is 19.8 Å². The number of likely N-dealkylation sites (tertiary alicyclic amines) is 1. The molecule has 0 amide bonds. The van der Waals surface area contributed by atoms with Gasteiger partial charge >= 0.3 is 0 Å². The summed E-state index contributed by atoms with van der Waals surface area (Å²) in [6.07, 6.45) is 2.60. The highest BCUT2D eigenvalue weighted by Gasteiger charge is 2.17. The monoisotopic (exact) mass is 269 g/mol. The Morgan fingerprint density at radius 1 is 1.15 bits per heavy atom. The van der Waals surface area contributed by atoms with Crippen molar-refractivity contribution in [2.45, 2.75) is 19.8 Å². The largest absolute Gasteiger partial charge is 0.370 e. The van der Waals surface area contributed by atoms with Crippen molar-refractivity contribution < 1.29 is 0 Å². The van der Waals surface area contributed by atoms with Crippen molar-refractivity contribution in [3.63, 3.8) is 0 Å². The number of nitrogens with zero attached hydrogens (tertiary/aromatic N) is 2. The van der Waals surface area contributed by atoms with E-state index in [1.54, 1.807) is 0 Å². The third-order valence-electron chi connectivity index (χ3n) is 4.32. The van der Waals surface area contributed by atoms with Crippen molar-refractivity contribution in [1.29, 1.82) is 0 Å². The van der Waals surface area contributed by atoms with Gasteiger partial charge in [-0.1, -0.05) is 25.1 Å². The molecule has 3 nitrogen and oxygen atoms in total. The van der Waals surface area contributed by atoms with Gasteiger partial charge in [0.1, 0.15) is 5.82 Å². The molecule has 2 aromatic rings. The Hall–Kier alpha value is -1.61. The summed E-state index contributed by atoms with van der Waals surface area (Å²) in [5.74, 6) is 1.78. The molecule has 1 aliphatic rings. The first-order valence-corrected chi connectivity index (χ1v) is 7.67. The number of para-hydroxylation sites is 1. The van der Waals surface area contributed by atoms with E-state index in [1.165, 1.54) is 37.9 Å². The van der Waals surface area contributed by atoms with Crippen LogP contribution in [0.4, 0.5) is 5.82 Å². The summed E-state index contributed by atoms with van der Waals surface area (Å²) in [5, 5.41) is 4.71. The Balaban J connectivity index is 1.57. The molecule has 1 N–H and O–H groups in total. The summed E-state index contributed by atoms with van der Waals surface area (Å²) in [6, 6.07) is 12.5. The number of anilines is 1. The summed E-state index contributed by atoms with van der Waals surface area (Å²) in [5.41, 5.74) is 1.07. The van der Waals surface area contributed by atoms with E-state index in [9.17, 15) is 0 Å². The van der Waals surface area contributed by atoms with Gasteiger partial charge in [-0.3, -0.25) is 0 Å². The minimum absolute atomic E-state index is 0.783. The molecule has 2 heterocycles. The van der Waals surface area contributed by atoms with Crippen molar-refractivity contribution in [3.05, 3.63) is 36.4 Å². The van der Waals surface area contributed by atoms with Crippen molar-refractivity contribution in [1.82, 2.24) is 9.88 Å². The molecule has 1 aromatic heterocycles. The van der Waals surface area contributed by atoms with Crippen molar-refractivity contribution in [3.8, 4) is 0 Å². The minimum atomic E-state index is 0.783. The van der Waals surface area contributed by atoms with Crippen LogP contribution in [0.15, 0.2) is 36.4 Å². The van der Waals surface area contributed by atoms with Gasteiger partial charge in [0, 0.05) is 11.9 Å². The summed E-state index contributed by atoms with van der Waals surface area (Å²) >= 11 is 0.